The predicted molar refractivity (Wildman–Crippen MR) is 102 cm³/mol. The van der Waals surface area contributed by atoms with Gasteiger partial charge in [0.05, 0.1) is 18.2 Å². The van der Waals surface area contributed by atoms with Crippen LogP contribution in [0.1, 0.15) is 23.0 Å². The molecule has 4 N–H and O–H groups in total. The van der Waals surface area contributed by atoms with E-state index in [1.54, 1.807) is 25.1 Å². The van der Waals surface area contributed by atoms with E-state index in [4.69, 9.17) is 14.6 Å². The molecule has 2 aromatic rings. The first kappa shape index (κ1) is 23.4. The Kier molecular flexibility index (Phi) is 11.1. The molecule has 140 valence electrons. The molecule has 25 heavy (non-hydrogen) atoms. The van der Waals surface area contributed by atoms with Crippen LogP contribution in [0.2, 0.25) is 0 Å². The van der Waals surface area contributed by atoms with Crippen molar-refractivity contribution in [3.8, 4) is 11.3 Å². The average Bonchev–Trinajstić information content (AvgIpc) is 2.99. The van der Waals surface area contributed by atoms with Crippen LogP contribution in [0.3, 0.4) is 0 Å². The highest BCUT2D eigenvalue weighted by Crippen LogP contribution is 2.23. The Morgan fingerprint density at radius 2 is 1.88 bits per heavy atom. The highest BCUT2D eigenvalue weighted by molar-refractivity contribution is 5.89. The summed E-state index contributed by atoms with van der Waals surface area (Å²) >= 11 is 0. The minimum absolute atomic E-state index is 0. The minimum atomic E-state index is -0.954. The Labute approximate surface area is 159 Å². The van der Waals surface area contributed by atoms with Crippen molar-refractivity contribution in [2.24, 2.45) is 0 Å². The molecule has 1 aromatic carbocycles. The fourth-order valence-electron chi connectivity index (χ4n) is 2.13. The zero-order valence-corrected chi connectivity index (χ0v) is 15.5. The SMILES string of the molecule is CC(O)CNCCNCc1ccc(-c2cccc(C(=O)O)c2)o1.Cl.Cl. The molecule has 0 radical (unpaired) electrons. The number of rotatable bonds is 9. The second-order valence-electron chi connectivity index (χ2n) is 5.38. The number of halogens is 2. The van der Waals surface area contributed by atoms with Crippen LogP contribution in [-0.2, 0) is 6.54 Å². The minimum Gasteiger partial charge on any atom is -0.478 e. The molecular weight excluding hydrogens is 367 g/mol. The normalized spacial score (nSPS) is 11.3. The fraction of sp³-hybridized carbons (Fsp3) is 0.353. The van der Waals surface area contributed by atoms with E-state index in [1.807, 2.05) is 18.2 Å². The van der Waals surface area contributed by atoms with Gasteiger partial charge in [-0.05, 0) is 31.2 Å². The maximum Gasteiger partial charge on any atom is 0.335 e. The number of aliphatic hydroxyl groups excluding tert-OH is 1. The standard InChI is InChI=1S/C17H22N2O4.2ClH/c1-12(20)10-18-7-8-19-11-15-5-6-16(23-15)13-3-2-4-14(9-13)17(21)22;;/h2-6,9,12,18-20H,7-8,10-11H2,1H3,(H,21,22);2*1H. The van der Waals surface area contributed by atoms with Crippen molar-refractivity contribution in [1.29, 1.82) is 0 Å². The first-order valence-corrected chi connectivity index (χ1v) is 7.58. The molecule has 8 heteroatoms. The number of hydrogen-bond donors (Lipinski definition) is 4. The lowest BCUT2D eigenvalue weighted by Crippen LogP contribution is -2.31. The van der Waals surface area contributed by atoms with Gasteiger partial charge in [0.15, 0.2) is 0 Å². The van der Waals surface area contributed by atoms with Crippen molar-refractivity contribution >= 4 is 30.8 Å². The first-order valence-electron chi connectivity index (χ1n) is 7.58. The van der Waals surface area contributed by atoms with E-state index in [2.05, 4.69) is 10.6 Å². The van der Waals surface area contributed by atoms with Gasteiger partial charge < -0.3 is 25.3 Å². The lowest BCUT2D eigenvalue weighted by molar-refractivity contribution is 0.0697. The molecule has 0 aliphatic heterocycles. The lowest BCUT2D eigenvalue weighted by atomic mass is 10.1. The van der Waals surface area contributed by atoms with Crippen LogP contribution in [0.5, 0.6) is 0 Å². The molecule has 0 spiro atoms. The molecule has 1 heterocycles. The summed E-state index contributed by atoms with van der Waals surface area (Å²) in [4.78, 5) is 11.0. The zero-order chi connectivity index (χ0) is 16.7. The van der Waals surface area contributed by atoms with E-state index in [0.717, 1.165) is 24.4 Å². The predicted octanol–water partition coefficient (Wildman–Crippen LogP) is 2.55. The highest BCUT2D eigenvalue weighted by atomic mass is 35.5. The second-order valence-corrected chi connectivity index (χ2v) is 5.38. The van der Waals surface area contributed by atoms with Crippen molar-refractivity contribution in [3.63, 3.8) is 0 Å². The number of nitrogens with one attached hydrogen (secondary N) is 2. The summed E-state index contributed by atoms with van der Waals surface area (Å²) in [5, 5.41) is 24.5. The van der Waals surface area contributed by atoms with Crippen molar-refractivity contribution in [1.82, 2.24) is 10.6 Å². The van der Waals surface area contributed by atoms with Gasteiger partial charge in [-0.25, -0.2) is 4.79 Å². The van der Waals surface area contributed by atoms with Gasteiger partial charge in [0.25, 0.3) is 0 Å². The molecule has 0 saturated carbocycles. The Morgan fingerprint density at radius 1 is 1.16 bits per heavy atom. The molecule has 1 aromatic heterocycles. The Hall–Kier alpha value is -1.57. The molecule has 6 nitrogen and oxygen atoms in total. The quantitative estimate of drug-likeness (QED) is 0.491. The number of aromatic carboxylic acids is 1. The third kappa shape index (κ3) is 7.90. The summed E-state index contributed by atoms with van der Waals surface area (Å²) in [6.07, 6.45) is -0.343. The average molecular weight is 391 g/mol. The molecular formula is C17H24Cl2N2O4. The first-order chi connectivity index (χ1) is 11.1. The number of hydrogen-bond acceptors (Lipinski definition) is 5. The number of furan rings is 1. The monoisotopic (exact) mass is 390 g/mol. The number of carboxylic acids is 1. The van der Waals surface area contributed by atoms with E-state index in [-0.39, 0.29) is 36.5 Å². The number of carboxylic acid groups (broad SMARTS) is 1. The summed E-state index contributed by atoms with van der Waals surface area (Å²) in [5.74, 6) is 0.485. The Balaban J connectivity index is 0.00000288. The maximum absolute atomic E-state index is 11.0. The van der Waals surface area contributed by atoms with Crippen molar-refractivity contribution < 1.29 is 19.4 Å². The van der Waals surface area contributed by atoms with Gasteiger partial charge in [-0.3, -0.25) is 0 Å². The van der Waals surface area contributed by atoms with Gasteiger partial charge in [-0.2, -0.15) is 0 Å². The third-order valence-electron chi connectivity index (χ3n) is 3.27. The molecule has 0 amide bonds. The van der Waals surface area contributed by atoms with Gasteiger partial charge in [0.1, 0.15) is 11.5 Å². The summed E-state index contributed by atoms with van der Waals surface area (Å²) in [5.41, 5.74) is 0.984. The molecule has 1 atom stereocenters. The van der Waals surface area contributed by atoms with Crippen molar-refractivity contribution in [3.05, 3.63) is 47.7 Å². The van der Waals surface area contributed by atoms with Crippen LogP contribution in [0.25, 0.3) is 11.3 Å². The summed E-state index contributed by atoms with van der Waals surface area (Å²) < 4.78 is 5.73. The molecule has 0 fully saturated rings. The molecule has 0 saturated heterocycles. The molecule has 0 aliphatic rings. The number of benzene rings is 1. The highest BCUT2D eigenvalue weighted by Gasteiger charge is 2.08. The van der Waals surface area contributed by atoms with E-state index >= 15 is 0 Å². The summed E-state index contributed by atoms with van der Waals surface area (Å²) in [6.45, 7) is 4.43. The maximum atomic E-state index is 11.0. The van der Waals surface area contributed by atoms with Gasteiger partial charge in [-0.1, -0.05) is 12.1 Å². The second kappa shape index (κ2) is 11.9. The Morgan fingerprint density at radius 3 is 2.56 bits per heavy atom. The lowest BCUT2D eigenvalue weighted by Gasteiger charge is -2.07. The van der Waals surface area contributed by atoms with Crippen LogP contribution < -0.4 is 10.6 Å². The van der Waals surface area contributed by atoms with Crippen molar-refractivity contribution in [2.75, 3.05) is 19.6 Å². The third-order valence-corrected chi connectivity index (χ3v) is 3.27. The van der Waals surface area contributed by atoms with E-state index in [0.29, 0.717) is 18.8 Å². The van der Waals surface area contributed by atoms with Crippen molar-refractivity contribution in [2.45, 2.75) is 19.6 Å². The molecule has 0 aliphatic carbocycles. The summed E-state index contributed by atoms with van der Waals surface area (Å²) in [7, 11) is 0. The van der Waals surface area contributed by atoms with Gasteiger partial charge in [-0.15, -0.1) is 24.8 Å². The van der Waals surface area contributed by atoms with Crippen LogP contribution in [0, 0.1) is 0 Å². The van der Waals surface area contributed by atoms with Gasteiger partial charge in [0.2, 0.25) is 0 Å². The van der Waals surface area contributed by atoms with Gasteiger partial charge in [0, 0.05) is 25.2 Å². The molecule has 2 rings (SSSR count). The van der Waals surface area contributed by atoms with E-state index < -0.39 is 5.97 Å². The van der Waals surface area contributed by atoms with Crippen LogP contribution in [-0.4, -0.2) is 41.9 Å². The molecule has 0 bridgehead atoms. The smallest absolute Gasteiger partial charge is 0.335 e. The molecule has 1 unspecified atom stereocenters. The zero-order valence-electron chi connectivity index (χ0n) is 13.9. The van der Waals surface area contributed by atoms with Gasteiger partial charge >= 0.3 is 5.97 Å². The topological polar surface area (TPSA) is 94.7 Å². The van der Waals surface area contributed by atoms with E-state index in [9.17, 15) is 4.79 Å². The van der Waals surface area contributed by atoms with Crippen LogP contribution in [0.4, 0.5) is 0 Å². The number of carbonyl (C=O) groups is 1. The number of aliphatic hydroxyl groups is 1. The largest absolute Gasteiger partial charge is 0.478 e. The van der Waals surface area contributed by atoms with Crippen LogP contribution in [0.15, 0.2) is 40.8 Å². The fourth-order valence-corrected chi connectivity index (χ4v) is 2.13. The van der Waals surface area contributed by atoms with E-state index in [1.165, 1.54) is 0 Å². The summed E-state index contributed by atoms with van der Waals surface area (Å²) in [6, 6.07) is 10.4. The Bertz CT molecular complexity index is 647. The van der Waals surface area contributed by atoms with Crippen LogP contribution >= 0.6 is 24.8 Å².